The summed E-state index contributed by atoms with van der Waals surface area (Å²) in [6.07, 6.45) is 6.28. The Morgan fingerprint density at radius 1 is 1.65 bits per heavy atom. The number of nitrogens with zero attached hydrogens (tertiary/aromatic N) is 1. The van der Waals surface area contributed by atoms with Gasteiger partial charge in [0.15, 0.2) is 0 Å². The van der Waals surface area contributed by atoms with Crippen LogP contribution in [0.2, 0.25) is 0 Å². The highest BCUT2D eigenvalue weighted by atomic mass is 32.2. The van der Waals surface area contributed by atoms with Gasteiger partial charge in [0.2, 0.25) is 0 Å². The number of hydrogen-bond donors (Lipinski definition) is 1. The van der Waals surface area contributed by atoms with Crippen molar-refractivity contribution in [2.75, 3.05) is 25.2 Å². The molecule has 5 heteroatoms. The summed E-state index contributed by atoms with van der Waals surface area (Å²) < 4.78 is 5.03. The van der Waals surface area contributed by atoms with Crippen molar-refractivity contribution >= 4 is 23.4 Å². The van der Waals surface area contributed by atoms with Crippen LogP contribution in [0, 0.1) is 0 Å². The number of thioether (sulfide) groups is 1. The lowest BCUT2D eigenvalue weighted by Crippen LogP contribution is -2.17. The maximum Gasteiger partial charge on any atom is 0.356 e. The van der Waals surface area contributed by atoms with Crippen LogP contribution >= 0.6 is 11.8 Å². The van der Waals surface area contributed by atoms with Gasteiger partial charge in [0, 0.05) is 23.2 Å². The lowest BCUT2D eigenvalue weighted by atomic mass is 10.3. The van der Waals surface area contributed by atoms with Crippen LogP contribution in [0.25, 0.3) is 0 Å². The van der Waals surface area contributed by atoms with E-state index in [-0.39, 0.29) is 0 Å². The van der Waals surface area contributed by atoms with Crippen molar-refractivity contribution in [3.05, 3.63) is 24.0 Å². The smallest absolute Gasteiger partial charge is 0.356 e. The Hall–Kier alpha value is -1.23. The predicted octanol–water partition coefficient (Wildman–Crippen LogP) is 2.18. The second kappa shape index (κ2) is 4.96. The minimum Gasteiger partial charge on any atom is -0.464 e. The number of carbonyl (C=O) groups excluding carboxylic acids is 1. The second-order valence-electron chi connectivity index (χ2n) is 4.16. The lowest BCUT2D eigenvalue weighted by Gasteiger charge is -2.14. The fourth-order valence-corrected chi connectivity index (χ4v) is 2.34. The van der Waals surface area contributed by atoms with Crippen LogP contribution in [0.3, 0.4) is 0 Å². The summed E-state index contributed by atoms with van der Waals surface area (Å²) in [6, 6.07) is 3.59. The third kappa shape index (κ3) is 2.91. The highest BCUT2D eigenvalue weighted by Crippen LogP contribution is 2.46. The zero-order valence-corrected chi connectivity index (χ0v) is 10.8. The monoisotopic (exact) mass is 252 g/mol. The Morgan fingerprint density at radius 2 is 2.41 bits per heavy atom. The molecule has 0 bridgehead atoms. The molecule has 1 N–H and O–H groups in total. The van der Waals surface area contributed by atoms with Crippen LogP contribution in [0.1, 0.15) is 23.3 Å². The van der Waals surface area contributed by atoms with Gasteiger partial charge in [0.05, 0.1) is 7.11 Å². The molecule has 0 saturated heterocycles. The van der Waals surface area contributed by atoms with E-state index in [1.165, 1.54) is 20.0 Å². The van der Waals surface area contributed by atoms with Crippen molar-refractivity contribution in [2.45, 2.75) is 17.6 Å². The molecule has 0 aromatic carbocycles. The summed E-state index contributed by atoms with van der Waals surface area (Å²) in [6.45, 7) is 0.929. The molecule has 2 rings (SSSR count). The van der Waals surface area contributed by atoms with E-state index in [0.717, 1.165) is 12.2 Å². The average molecular weight is 252 g/mol. The zero-order chi connectivity index (χ0) is 12.3. The molecule has 0 spiro atoms. The Labute approximate surface area is 105 Å². The van der Waals surface area contributed by atoms with Crippen molar-refractivity contribution in [1.82, 2.24) is 4.98 Å². The van der Waals surface area contributed by atoms with Gasteiger partial charge in [-0.25, -0.2) is 9.78 Å². The number of esters is 1. The first-order valence-electron chi connectivity index (χ1n) is 5.52. The number of rotatable bonds is 5. The molecule has 0 aliphatic heterocycles. The van der Waals surface area contributed by atoms with Crippen LogP contribution in [0.4, 0.5) is 5.69 Å². The largest absolute Gasteiger partial charge is 0.464 e. The number of pyridine rings is 1. The van der Waals surface area contributed by atoms with Crippen molar-refractivity contribution in [2.24, 2.45) is 0 Å². The van der Waals surface area contributed by atoms with Gasteiger partial charge in [-0.2, -0.15) is 11.8 Å². The molecule has 0 unspecified atom stereocenters. The van der Waals surface area contributed by atoms with Gasteiger partial charge in [-0.15, -0.1) is 0 Å². The molecule has 1 aliphatic rings. The van der Waals surface area contributed by atoms with Gasteiger partial charge in [0.1, 0.15) is 5.69 Å². The molecule has 0 radical (unpaired) electrons. The number of ether oxygens (including phenoxy) is 1. The van der Waals surface area contributed by atoms with E-state index in [0.29, 0.717) is 10.4 Å². The van der Waals surface area contributed by atoms with E-state index in [1.54, 1.807) is 12.3 Å². The first-order chi connectivity index (χ1) is 8.19. The van der Waals surface area contributed by atoms with Crippen LogP contribution in [-0.4, -0.2) is 35.6 Å². The van der Waals surface area contributed by atoms with Gasteiger partial charge < -0.3 is 10.1 Å². The normalized spacial score (nSPS) is 16.4. The summed E-state index contributed by atoms with van der Waals surface area (Å²) in [5, 5.41) is 3.35. The number of aromatic nitrogens is 1. The summed E-state index contributed by atoms with van der Waals surface area (Å²) in [5.74, 6) is -0.403. The quantitative estimate of drug-likeness (QED) is 0.814. The van der Waals surface area contributed by atoms with E-state index in [1.807, 2.05) is 17.8 Å². The van der Waals surface area contributed by atoms with Gasteiger partial charge in [-0.05, 0) is 31.2 Å². The lowest BCUT2D eigenvalue weighted by molar-refractivity contribution is 0.0594. The van der Waals surface area contributed by atoms with Crippen molar-refractivity contribution in [3.8, 4) is 0 Å². The summed E-state index contributed by atoms with van der Waals surface area (Å²) in [4.78, 5) is 15.3. The molecule has 0 atom stereocenters. The second-order valence-corrected chi connectivity index (χ2v) is 5.44. The average Bonchev–Trinajstić information content (AvgIpc) is 3.16. The molecule has 0 amide bonds. The van der Waals surface area contributed by atoms with Crippen LogP contribution in [-0.2, 0) is 4.74 Å². The Morgan fingerprint density at radius 3 is 3.00 bits per heavy atom. The van der Waals surface area contributed by atoms with Crippen LogP contribution in [0.15, 0.2) is 18.3 Å². The zero-order valence-electron chi connectivity index (χ0n) is 10.0. The molecule has 1 fully saturated rings. The van der Waals surface area contributed by atoms with Crippen LogP contribution in [0.5, 0.6) is 0 Å². The Kier molecular flexibility index (Phi) is 3.57. The number of methoxy groups -OCH3 is 1. The maximum atomic E-state index is 11.3. The summed E-state index contributed by atoms with van der Waals surface area (Å²) >= 11 is 1.90. The topological polar surface area (TPSA) is 51.2 Å². The van der Waals surface area contributed by atoms with E-state index >= 15 is 0 Å². The third-order valence-electron chi connectivity index (χ3n) is 3.01. The highest BCUT2D eigenvalue weighted by Gasteiger charge is 2.41. The summed E-state index contributed by atoms with van der Waals surface area (Å²) in [5.41, 5.74) is 1.26. The van der Waals surface area contributed by atoms with E-state index in [9.17, 15) is 4.79 Å². The molecule has 1 aliphatic carbocycles. The van der Waals surface area contributed by atoms with Gasteiger partial charge >= 0.3 is 5.97 Å². The number of anilines is 1. The van der Waals surface area contributed by atoms with Gasteiger partial charge in [-0.1, -0.05) is 0 Å². The molecule has 1 aromatic heterocycles. The predicted molar refractivity (Wildman–Crippen MR) is 69.5 cm³/mol. The van der Waals surface area contributed by atoms with Gasteiger partial charge in [-0.3, -0.25) is 0 Å². The number of carbonyl (C=O) groups is 1. The van der Waals surface area contributed by atoms with Crippen molar-refractivity contribution in [3.63, 3.8) is 0 Å². The molecule has 1 aromatic rings. The first kappa shape index (κ1) is 12.2. The third-order valence-corrected chi connectivity index (χ3v) is 4.43. The molecule has 4 nitrogen and oxygen atoms in total. The van der Waals surface area contributed by atoms with Gasteiger partial charge in [0.25, 0.3) is 0 Å². The minimum atomic E-state index is -0.403. The van der Waals surface area contributed by atoms with E-state index in [4.69, 9.17) is 0 Å². The highest BCUT2D eigenvalue weighted by molar-refractivity contribution is 8.00. The fourth-order valence-electron chi connectivity index (χ4n) is 1.61. The van der Waals surface area contributed by atoms with Crippen molar-refractivity contribution < 1.29 is 9.53 Å². The first-order valence-corrected chi connectivity index (χ1v) is 6.75. The SMILES string of the molecule is COC(=O)c1cc(NCC2(SC)CC2)ccn1. The molecule has 1 heterocycles. The maximum absolute atomic E-state index is 11.3. The number of hydrogen-bond acceptors (Lipinski definition) is 5. The number of nitrogens with one attached hydrogen (secondary N) is 1. The minimum absolute atomic E-state index is 0.339. The fraction of sp³-hybridized carbons (Fsp3) is 0.500. The van der Waals surface area contributed by atoms with E-state index < -0.39 is 5.97 Å². The van der Waals surface area contributed by atoms with Crippen molar-refractivity contribution in [1.29, 1.82) is 0 Å². The molecule has 1 saturated carbocycles. The standard InChI is InChI=1S/C12H16N2O2S/c1-16-11(15)10-7-9(3-6-13-10)14-8-12(17-2)4-5-12/h3,6-7H,4-5,8H2,1-2H3,(H,13,14). The Bertz CT molecular complexity index is 419. The molecule has 17 heavy (non-hydrogen) atoms. The molecular weight excluding hydrogens is 236 g/mol. The van der Waals surface area contributed by atoms with E-state index in [2.05, 4.69) is 21.3 Å². The summed E-state index contributed by atoms with van der Waals surface area (Å²) in [7, 11) is 1.36. The molecular formula is C12H16N2O2S. The van der Waals surface area contributed by atoms with Crippen LogP contribution < -0.4 is 5.32 Å². The Balaban J connectivity index is 1.99. The molecule has 92 valence electrons.